The molecule has 0 amide bonds. The first-order chi connectivity index (χ1) is 34.2. The van der Waals surface area contributed by atoms with Crippen LogP contribution in [-0.4, -0.2) is 4.57 Å². The van der Waals surface area contributed by atoms with Crippen molar-refractivity contribution in [2.24, 2.45) is 0 Å². The van der Waals surface area contributed by atoms with E-state index in [-0.39, 0.29) is 0 Å². The van der Waals surface area contributed by atoms with E-state index in [1.165, 1.54) is 113 Å². The minimum atomic E-state index is 1.10. The summed E-state index contributed by atoms with van der Waals surface area (Å²) in [4.78, 5) is 2.44. The second kappa shape index (κ2) is 16.0. The first-order valence-electron chi connectivity index (χ1n) is 23.6. The number of benzene rings is 12. The highest BCUT2D eigenvalue weighted by molar-refractivity contribution is 7.27. The predicted octanol–water partition coefficient (Wildman–Crippen LogP) is 19.1. The lowest BCUT2D eigenvalue weighted by molar-refractivity contribution is 1.18. The molecule has 0 fully saturated rings. The molecule has 0 spiro atoms. The van der Waals surface area contributed by atoms with Crippen molar-refractivity contribution in [1.29, 1.82) is 0 Å². The number of hydrogen-bond donors (Lipinski definition) is 0. The maximum Gasteiger partial charge on any atom is 0.0640 e. The number of fused-ring (bicyclic) bond motifs is 11. The first-order valence-corrected chi connectivity index (χ1v) is 24.5. The van der Waals surface area contributed by atoms with E-state index in [1.54, 1.807) is 0 Å². The molecule has 322 valence electrons. The van der Waals surface area contributed by atoms with E-state index in [0.29, 0.717) is 0 Å². The molecule has 0 bridgehead atoms. The Labute approximate surface area is 403 Å². The van der Waals surface area contributed by atoms with Crippen LogP contribution < -0.4 is 4.90 Å². The lowest BCUT2D eigenvalue weighted by Gasteiger charge is -2.26. The number of nitrogens with zero attached hydrogens (tertiary/aromatic N) is 2. The molecule has 0 aliphatic rings. The van der Waals surface area contributed by atoms with E-state index in [1.807, 2.05) is 11.3 Å². The fourth-order valence-corrected chi connectivity index (χ4v) is 12.1. The van der Waals surface area contributed by atoms with Crippen LogP contribution in [-0.2, 0) is 0 Å². The Hall–Kier alpha value is -8.76. The van der Waals surface area contributed by atoms with Crippen molar-refractivity contribution in [2.75, 3.05) is 4.90 Å². The number of rotatable bonds is 7. The van der Waals surface area contributed by atoms with Gasteiger partial charge in [-0.15, -0.1) is 11.3 Å². The fraction of sp³-hybridized carbons (Fsp3) is 0. The van der Waals surface area contributed by atoms with Gasteiger partial charge in [-0.3, -0.25) is 0 Å². The molecule has 2 heterocycles. The molecule has 0 saturated carbocycles. The Balaban J connectivity index is 0.840. The van der Waals surface area contributed by atoms with E-state index in [9.17, 15) is 0 Å². The summed E-state index contributed by atoms with van der Waals surface area (Å²) in [6, 6.07) is 93.6. The van der Waals surface area contributed by atoms with Crippen LogP contribution in [0.4, 0.5) is 17.1 Å². The van der Waals surface area contributed by atoms with Crippen LogP contribution in [0.15, 0.2) is 255 Å². The number of thiophene rings is 1. The van der Waals surface area contributed by atoms with Gasteiger partial charge in [0.05, 0.1) is 21.4 Å². The summed E-state index contributed by atoms with van der Waals surface area (Å²) in [7, 11) is 0. The van der Waals surface area contributed by atoms with Gasteiger partial charge in [0.1, 0.15) is 0 Å². The highest BCUT2D eigenvalue weighted by Crippen LogP contribution is 2.47. The molecule has 0 unspecified atom stereocenters. The van der Waals surface area contributed by atoms with Crippen molar-refractivity contribution >= 4 is 103 Å². The molecule has 69 heavy (non-hydrogen) atoms. The molecule has 0 N–H and O–H groups in total. The van der Waals surface area contributed by atoms with Crippen molar-refractivity contribution < 1.29 is 0 Å². The Bertz CT molecular complexity index is 4240. The Kier molecular flexibility index (Phi) is 9.11. The molecule has 0 radical (unpaired) electrons. The molecule has 0 saturated heterocycles. The monoisotopic (exact) mass is 894 g/mol. The summed E-state index contributed by atoms with van der Waals surface area (Å²) < 4.78 is 4.99. The lowest BCUT2D eigenvalue weighted by Crippen LogP contribution is -2.10. The quantitative estimate of drug-likeness (QED) is 0.145. The largest absolute Gasteiger partial charge is 0.309 e. The fourth-order valence-electron chi connectivity index (χ4n) is 10.8. The smallest absolute Gasteiger partial charge is 0.0640 e. The van der Waals surface area contributed by atoms with Crippen LogP contribution in [0.2, 0.25) is 0 Å². The molecule has 0 aliphatic heterocycles. The second-order valence-corrected chi connectivity index (χ2v) is 19.1. The van der Waals surface area contributed by atoms with Crippen molar-refractivity contribution in [3.63, 3.8) is 0 Å². The third-order valence-corrected chi connectivity index (χ3v) is 15.5. The minimum Gasteiger partial charge on any atom is -0.309 e. The van der Waals surface area contributed by atoms with Crippen molar-refractivity contribution in [3.05, 3.63) is 255 Å². The van der Waals surface area contributed by atoms with Gasteiger partial charge in [-0.25, -0.2) is 0 Å². The lowest BCUT2D eigenvalue weighted by atomic mass is 9.96. The average Bonchev–Trinajstić information content (AvgIpc) is 3.98. The van der Waals surface area contributed by atoms with Gasteiger partial charge < -0.3 is 9.47 Å². The standard InChI is InChI=1S/C66H42N2S/c1-3-15-55-47(11-1)27-28-51-41-50(34-39-56(51)55)45-25-23-43(24-26-45)44-29-35-52(36-30-44)67(64-22-10-19-60-61-40-33-48-12-2-4-16-57(48)65(61)69-66(60)64)53-37-31-46(32-38-53)49-13-9-14-54(42-49)68-62-20-7-5-17-58(62)59-18-6-8-21-63(59)68/h1-42H. The summed E-state index contributed by atoms with van der Waals surface area (Å²) >= 11 is 1.89. The summed E-state index contributed by atoms with van der Waals surface area (Å²) in [6.07, 6.45) is 0. The summed E-state index contributed by atoms with van der Waals surface area (Å²) in [5, 5.41) is 12.8. The molecular weight excluding hydrogens is 853 g/mol. The molecule has 0 aliphatic carbocycles. The van der Waals surface area contributed by atoms with E-state index in [2.05, 4.69) is 264 Å². The van der Waals surface area contributed by atoms with Crippen LogP contribution in [0.3, 0.4) is 0 Å². The van der Waals surface area contributed by atoms with Crippen LogP contribution >= 0.6 is 11.3 Å². The first kappa shape index (κ1) is 39.4. The Morgan fingerprint density at radius 1 is 0.275 bits per heavy atom. The number of anilines is 3. The van der Waals surface area contributed by atoms with Gasteiger partial charge in [0.25, 0.3) is 0 Å². The van der Waals surface area contributed by atoms with E-state index >= 15 is 0 Å². The van der Waals surface area contributed by atoms with Gasteiger partial charge in [0.2, 0.25) is 0 Å². The van der Waals surface area contributed by atoms with Gasteiger partial charge in [-0.2, -0.15) is 0 Å². The maximum atomic E-state index is 2.44. The Morgan fingerprint density at radius 2 is 0.725 bits per heavy atom. The zero-order valence-corrected chi connectivity index (χ0v) is 38.4. The minimum absolute atomic E-state index is 1.10. The van der Waals surface area contributed by atoms with Gasteiger partial charge >= 0.3 is 0 Å². The summed E-state index contributed by atoms with van der Waals surface area (Å²) in [5.41, 5.74) is 14.1. The molecule has 2 aromatic heterocycles. The van der Waals surface area contributed by atoms with Crippen LogP contribution in [0.5, 0.6) is 0 Å². The molecule has 3 heteroatoms. The van der Waals surface area contributed by atoms with Crippen molar-refractivity contribution in [1.82, 2.24) is 4.57 Å². The van der Waals surface area contributed by atoms with E-state index in [0.717, 1.165) is 17.1 Å². The topological polar surface area (TPSA) is 8.17 Å². The number of aromatic nitrogens is 1. The van der Waals surface area contributed by atoms with Gasteiger partial charge in [0, 0.05) is 43.3 Å². The van der Waals surface area contributed by atoms with Gasteiger partial charge in [-0.1, -0.05) is 194 Å². The van der Waals surface area contributed by atoms with Gasteiger partial charge in [0.15, 0.2) is 0 Å². The van der Waals surface area contributed by atoms with Crippen molar-refractivity contribution in [3.8, 4) is 39.1 Å². The van der Waals surface area contributed by atoms with E-state index in [4.69, 9.17) is 0 Å². The second-order valence-electron chi connectivity index (χ2n) is 18.1. The molecule has 2 nitrogen and oxygen atoms in total. The van der Waals surface area contributed by atoms with Gasteiger partial charge in [-0.05, 0) is 126 Å². The van der Waals surface area contributed by atoms with Crippen LogP contribution in [0.1, 0.15) is 0 Å². The third kappa shape index (κ3) is 6.54. The summed E-state index contributed by atoms with van der Waals surface area (Å²) in [6.45, 7) is 0. The number of hydrogen-bond acceptors (Lipinski definition) is 2. The zero-order valence-electron chi connectivity index (χ0n) is 37.6. The molecular formula is C66H42N2S. The molecule has 12 aromatic carbocycles. The Morgan fingerprint density at radius 3 is 1.41 bits per heavy atom. The zero-order chi connectivity index (χ0) is 45.4. The van der Waals surface area contributed by atoms with Crippen LogP contribution in [0.25, 0.3) is 113 Å². The normalized spacial score (nSPS) is 11.8. The predicted molar refractivity (Wildman–Crippen MR) is 297 cm³/mol. The molecule has 14 aromatic rings. The SMILES string of the molecule is c1cc(-c2ccc(N(c3ccc(-c4ccc(-c5ccc6c(ccc7ccccc76)c5)cc4)cc3)c3cccc4c3sc3c5ccccc5ccc43)cc2)cc(-n2c3ccccc3c3ccccc32)c1. The highest BCUT2D eigenvalue weighted by Gasteiger charge is 2.20. The maximum absolute atomic E-state index is 2.44. The van der Waals surface area contributed by atoms with Crippen molar-refractivity contribution in [2.45, 2.75) is 0 Å². The highest BCUT2D eigenvalue weighted by atomic mass is 32.1. The summed E-state index contributed by atoms with van der Waals surface area (Å²) in [5.74, 6) is 0. The average molecular weight is 895 g/mol. The molecule has 14 rings (SSSR count). The van der Waals surface area contributed by atoms with Crippen LogP contribution in [0, 0.1) is 0 Å². The third-order valence-electron chi connectivity index (χ3n) is 14.2. The number of para-hydroxylation sites is 2. The molecule has 0 atom stereocenters. The van der Waals surface area contributed by atoms with E-state index < -0.39 is 0 Å².